The van der Waals surface area contributed by atoms with Crippen LogP contribution in [-0.4, -0.2) is 51.3 Å². The van der Waals surface area contributed by atoms with Gasteiger partial charge in [0.05, 0.1) is 6.54 Å². The molecule has 1 saturated heterocycles. The van der Waals surface area contributed by atoms with Gasteiger partial charge >= 0.3 is 0 Å². The molecule has 1 fully saturated rings. The van der Waals surface area contributed by atoms with E-state index in [-0.39, 0.29) is 11.9 Å². The molecule has 4 aromatic rings. The van der Waals surface area contributed by atoms with Gasteiger partial charge in [-0.25, -0.2) is 9.07 Å². The quantitative estimate of drug-likeness (QED) is 0.424. The van der Waals surface area contributed by atoms with Crippen LogP contribution in [0.1, 0.15) is 33.4 Å². The van der Waals surface area contributed by atoms with Crippen molar-refractivity contribution < 1.29 is 4.39 Å². The second kappa shape index (κ2) is 9.41. The molecule has 2 aromatic heterocycles. The Morgan fingerprint density at radius 2 is 1.76 bits per heavy atom. The Hall–Kier alpha value is -3.10. The maximum atomic E-state index is 13.3. The highest BCUT2D eigenvalue weighted by Gasteiger charge is 2.31. The Morgan fingerprint density at radius 1 is 0.970 bits per heavy atom. The fraction of sp³-hybridized carbons (Fsp3) is 0.320. The predicted octanol–water partition coefficient (Wildman–Crippen LogP) is 4.45. The average molecular weight is 463 g/mol. The molecule has 6 nitrogen and oxygen atoms in total. The second-order valence-corrected chi connectivity index (χ2v) is 9.46. The third-order valence-corrected chi connectivity index (χ3v) is 7.38. The number of thiophene rings is 1. The van der Waals surface area contributed by atoms with E-state index in [2.05, 4.69) is 74.9 Å². The number of aryl methyl sites for hydroxylation is 1. The molecule has 0 spiro atoms. The molecule has 1 atom stereocenters. The van der Waals surface area contributed by atoms with E-state index < -0.39 is 0 Å². The van der Waals surface area contributed by atoms with E-state index in [1.165, 1.54) is 33.8 Å². The summed E-state index contributed by atoms with van der Waals surface area (Å²) in [6, 6.07) is 17.3. The highest BCUT2D eigenvalue weighted by atomic mass is 32.1. The third-order valence-electron chi connectivity index (χ3n) is 6.46. The van der Waals surface area contributed by atoms with E-state index in [9.17, 15) is 4.39 Å². The van der Waals surface area contributed by atoms with Crippen molar-refractivity contribution in [3.05, 3.63) is 93.2 Å². The second-order valence-electron chi connectivity index (χ2n) is 8.48. The van der Waals surface area contributed by atoms with E-state index in [1.54, 1.807) is 23.5 Å². The summed E-state index contributed by atoms with van der Waals surface area (Å²) in [5, 5.41) is 14.8. The number of nitrogens with zero attached hydrogens (tertiary/aromatic N) is 6. The molecule has 1 unspecified atom stereocenters. The average Bonchev–Trinajstić information content (AvgIpc) is 3.51. The maximum Gasteiger partial charge on any atom is 0.174 e. The van der Waals surface area contributed by atoms with Crippen molar-refractivity contribution in [1.29, 1.82) is 0 Å². The Balaban J connectivity index is 1.39. The first-order valence-corrected chi connectivity index (χ1v) is 12.1. The van der Waals surface area contributed by atoms with Gasteiger partial charge in [-0.15, -0.1) is 16.4 Å². The first kappa shape index (κ1) is 21.7. The van der Waals surface area contributed by atoms with Crippen LogP contribution in [-0.2, 0) is 6.54 Å². The number of hydrogen-bond acceptors (Lipinski definition) is 6. The summed E-state index contributed by atoms with van der Waals surface area (Å²) >= 11 is 1.73. The first-order chi connectivity index (χ1) is 16.1. The zero-order valence-corrected chi connectivity index (χ0v) is 19.7. The van der Waals surface area contributed by atoms with Crippen LogP contribution in [0.4, 0.5) is 10.1 Å². The molecule has 0 aliphatic carbocycles. The van der Waals surface area contributed by atoms with Crippen molar-refractivity contribution >= 4 is 17.0 Å². The summed E-state index contributed by atoms with van der Waals surface area (Å²) in [5.74, 6) is 0.579. The summed E-state index contributed by atoms with van der Waals surface area (Å²) in [5.41, 5.74) is 4.97. The first-order valence-electron chi connectivity index (χ1n) is 11.2. The largest absolute Gasteiger partial charge is 0.369 e. The lowest BCUT2D eigenvalue weighted by Crippen LogP contribution is -2.48. The Morgan fingerprint density at radius 3 is 2.48 bits per heavy atom. The van der Waals surface area contributed by atoms with Gasteiger partial charge in [0.1, 0.15) is 11.9 Å². The van der Waals surface area contributed by atoms with Crippen LogP contribution in [0, 0.1) is 19.7 Å². The molecule has 170 valence electrons. The standard InChI is InChI=1S/C25H27FN6S/c1-18-5-3-6-22(19(18)2)30-12-14-31(15-13-30)24(23-7-4-16-33-23)25-27-28-29-32(25)17-20-8-10-21(26)11-9-20/h3-11,16,24H,12-15,17H2,1-2H3. The van der Waals surface area contributed by atoms with E-state index >= 15 is 0 Å². The predicted molar refractivity (Wildman–Crippen MR) is 129 cm³/mol. The molecule has 0 N–H and O–H groups in total. The molecular formula is C25H27FN6S. The van der Waals surface area contributed by atoms with Crippen molar-refractivity contribution in [1.82, 2.24) is 25.1 Å². The molecule has 8 heteroatoms. The molecule has 1 aliphatic rings. The zero-order chi connectivity index (χ0) is 22.8. The zero-order valence-electron chi connectivity index (χ0n) is 18.9. The molecule has 3 heterocycles. The van der Waals surface area contributed by atoms with Gasteiger partial charge in [0, 0.05) is 36.7 Å². The topological polar surface area (TPSA) is 50.1 Å². The van der Waals surface area contributed by atoms with Gasteiger partial charge in [0.2, 0.25) is 0 Å². The van der Waals surface area contributed by atoms with E-state index in [1.807, 2.05) is 4.68 Å². The molecular weight excluding hydrogens is 435 g/mol. The highest BCUT2D eigenvalue weighted by molar-refractivity contribution is 7.10. The van der Waals surface area contributed by atoms with Gasteiger partial charge in [-0.2, -0.15) is 0 Å². The lowest BCUT2D eigenvalue weighted by atomic mass is 10.1. The van der Waals surface area contributed by atoms with Crippen LogP contribution in [0.5, 0.6) is 0 Å². The smallest absolute Gasteiger partial charge is 0.174 e. The van der Waals surface area contributed by atoms with Crippen molar-refractivity contribution in [2.75, 3.05) is 31.1 Å². The summed E-state index contributed by atoms with van der Waals surface area (Å²) in [6.07, 6.45) is 0. The molecule has 33 heavy (non-hydrogen) atoms. The molecule has 1 aliphatic heterocycles. The minimum atomic E-state index is -0.242. The van der Waals surface area contributed by atoms with Crippen LogP contribution in [0.25, 0.3) is 0 Å². The van der Waals surface area contributed by atoms with Crippen LogP contribution in [0.2, 0.25) is 0 Å². The lowest BCUT2D eigenvalue weighted by Gasteiger charge is -2.40. The fourth-order valence-corrected chi connectivity index (χ4v) is 5.35. The summed E-state index contributed by atoms with van der Waals surface area (Å²) in [4.78, 5) is 6.18. The number of aromatic nitrogens is 4. The summed E-state index contributed by atoms with van der Waals surface area (Å²) < 4.78 is 15.2. The lowest BCUT2D eigenvalue weighted by molar-refractivity contribution is 0.203. The van der Waals surface area contributed by atoms with Crippen molar-refractivity contribution in [2.45, 2.75) is 26.4 Å². The number of anilines is 1. The molecule has 0 amide bonds. The Kier molecular flexibility index (Phi) is 6.20. The number of tetrazole rings is 1. The van der Waals surface area contributed by atoms with Gasteiger partial charge in [-0.1, -0.05) is 30.3 Å². The SMILES string of the molecule is Cc1cccc(N2CCN(C(c3cccs3)c3nnnn3Cc3ccc(F)cc3)CC2)c1C. The van der Waals surface area contributed by atoms with Gasteiger partial charge in [-0.3, -0.25) is 4.90 Å². The molecule has 5 rings (SSSR count). The fourth-order valence-electron chi connectivity index (χ4n) is 4.50. The normalized spacial score (nSPS) is 15.7. The van der Waals surface area contributed by atoms with Crippen molar-refractivity contribution in [2.24, 2.45) is 0 Å². The van der Waals surface area contributed by atoms with Gasteiger partial charge in [-0.05, 0) is 70.6 Å². The maximum absolute atomic E-state index is 13.3. The monoisotopic (exact) mass is 462 g/mol. The summed E-state index contributed by atoms with van der Waals surface area (Å²) in [7, 11) is 0. The van der Waals surface area contributed by atoms with E-state index in [0.29, 0.717) is 6.54 Å². The number of piperazine rings is 1. The molecule has 0 saturated carbocycles. The van der Waals surface area contributed by atoms with Crippen LogP contribution in [0.15, 0.2) is 60.0 Å². The minimum Gasteiger partial charge on any atom is -0.369 e. The molecule has 0 radical (unpaired) electrons. The Labute approximate surface area is 197 Å². The number of halogens is 1. The summed E-state index contributed by atoms with van der Waals surface area (Å²) in [6.45, 7) is 8.61. The minimum absolute atomic E-state index is 0.0128. The highest BCUT2D eigenvalue weighted by Crippen LogP contribution is 2.33. The van der Waals surface area contributed by atoms with Crippen molar-refractivity contribution in [3.8, 4) is 0 Å². The van der Waals surface area contributed by atoms with Crippen molar-refractivity contribution in [3.63, 3.8) is 0 Å². The molecule has 2 aromatic carbocycles. The number of benzene rings is 2. The third kappa shape index (κ3) is 4.54. The van der Waals surface area contributed by atoms with Crippen LogP contribution < -0.4 is 4.90 Å². The Bertz CT molecular complexity index is 1200. The van der Waals surface area contributed by atoms with Gasteiger partial charge in [0.15, 0.2) is 5.82 Å². The number of hydrogen-bond donors (Lipinski definition) is 0. The van der Waals surface area contributed by atoms with Gasteiger partial charge in [0.25, 0.3) is 0 Å². The van der Waals surface area contributed by atoms with E-state index in [4.69, 9.17) is 0 Å². The van der Waals surface area contributed by atoms with Crippen LogP contribution in [0.3, 0.4) is 0 Å². The number of rotatable bonds is 6. The van der Waals surface area contributed by atoms with Gasteiger partial charge < -0.3 is 4.90 Å². The molecule has 0 bridgehead atoms. The van der Waals surface area contributed by atoms with E-state index in [0.717, 1.165) is 37.6 Å². The van der Waals surface area contributed by atoms with Crippen LogP contribution >= 0.6 is 11.3 Å².